The van der Waals surface area contributed by atoms with Gasteiger partial charge < -0.3 is 128 Å². The van der Waals surface area contributed by atoms with Gasteiger partial charge in [0.1, 0.15) is 123 Å². The Morgan fingerprint density at radius 1 is 0.628 bits per heavy atom. The molecule has 27 nitrogen and oxygen atoms in total. The molecule has 34 atom stereocenters. The van der Waals surface area contributed by atoms with E-state index in [-0.39, 0.29) is 35.4 Å². The molecular weight excluding hydrogens is 1140 g/mol. The van der Waals surface area contributed by atoms with E-state index < -0.39 is 185 Å². The monoisotopic (exact) mass is 1230 g/mol. The Morgan fingerprint density at radius 2 is 1.20 bits per heavy atom. The minimum atomic E-state index is -1.98. The summed E-state index contributed by atoms with van der Waals surface area (Å²) in [7, 11) is 0. The molecule has 14 N–H and O–H groups in total. The van der Waals surface area contributed by atoms with Crippen LogP contribution in [0.4, 0.5) is 0 Å². The van der Waals surface area contributed by atoms with Crippen LogP contribution in [0.3, 0.4) is 0 Å². The van der Waals surface area contributed by atoms with Gasteiger partial charge in [0.05, 0.1) is 43.9 Å². The van der Waals surface area contributed by atoms with Crippen LogP contribution in [-0.2, 0) is 61.6 Å². The molecule has 5 saturated heterocycles. The Balaban J connectivity index is 0.829. The molecule has 492 valence electrons. The van der Waals surface area contributed by atoms with Crippen molar-refractivity contribution >= 4 is 5.97 Å². The number of rotatable bonds is 18. The fraction of sp³-hybridized carbons (Fsp3) is 0.915. The Morgan fingerprint density at radius 3 is 1.85 bits per heavy atom. The molecule has 0 aromatic carbocycles. The van der Waals surface area contributed by atoms with Crippen LogP contribution in [0.25, 0.3) is 0 Å². The highest BCUT2D eigenvalue weighted by molar-refractivity contribution is 5.65. The molecule has 0 unspecified atom stereocenters. The number of hydrogen-bond acceptors (Lipinski definition) is 27. The van der Waals surface area contributed by atoms with Gasteiger partial charge in [0.2, 0.25) is 0 Å². The second-order valence-corrected chi connectivity index (χ2v) is 26.7. The lowest BCUT2D eigenvalue weighted by Gasteiger charge is -2.58. The second kappa shape index (κ2) is 26.8. The van der Waals surface area contributed by atoms with E-state index in [4.69, 9.17) is 56.8 Å². The van der Waals surface area contributed by atoms with Crippen molar-refractivity contribution < 1.29 is 133 Å². The first-order valence-corrected chi connectivity index (χ1v) is 30.8. The van der Waals surface area contributed by atoms with Crippen molar-refractivity contribution in [1.29, 1.82) is 0 Å². The highest BCUT2D eigenvalue weighted by Gasteiger charge is 2.64. The molecular formula is C59H94O27. The van der Waals surface area contributed by atoms with E-state index in [9.17, 15) is 76.3 Å². The lowest BCUT2D eigenvalue weighted by molar-refractivity contribution is -0.398. The summed E-state index contributed by atoms with van der Waals surface area (Å²) in [5.74, 6) is 1.79. The molecule has 10 aliphatic rings. The van der Waals surface area contributed by atoms with Gasteiger partial charge in [-0.25, -0.2) is 0 Å². The summed E-state index contributed by atoms with van der Waals surface area (Å²) < 4.78 is 73.0. The van der Waals surface area contributed by atoms with Gasteiger partial charge in [-0.15, -0.1) is 0 Å². The Hall–Kier alpha value is -2.21. The van der Waals surface area contributed by atoms with E-state index in [1.165, 1.54) is 31.9 Å². The molecule has 6 aliphatic heterocycles. The number of fused-ring (bicyclic) bond motifs is 7. The molecule has 0 bridgehead atoms. The van der Waals surface area contributed by atoms with Crippen LogP contribution in [0.5, 0.6) is 0 Å². The summed E-state index contributed by atoms with van der Waals surface area (Å²) in [6.45, 7) is 11.5. The minimum Gasteiger partial charge on any atom is -0.494 e. The highest BCUT2D eigenvalue weighted by atomic mass is 16.8. The van der Waals surface area contributed by atoms with Crippen LogP contribution < -0.4 is 0 Å². The molecule has 0 spiro atoms. The van der Waals surface area contributed by atoms with Gasteiger partial charge in [0.15, 0.2) is 31.5 Å². The van der Waals surface area contributed by atoms with E-state index in [1.54, 1.807) is 0 Å². The number of aliphatic hydroxyl groups excluding tert-OH is 14. The number of ether oxygens (including phenoxy) is 12. The third-order valence-corrected chi connectivity index (χ3v) is 21.2. The van der Waals surface area contributed by atoms with Crippen molar-refractivity contribution in [2.75, 3.05) is 26.4 Å². The minimum absolute atomic E-state index is 0.0105. The van der Waals surface area contributed by atoms with Crippen molar-refractivity contribution in [3.8, 4) is 0 Å². The SMILES string of the molecule is CC(=O)OC[C@H]1O[C@@H](O[C@H]2CC[C@@]3(C)C(=CC[C@H]4[C@@H]5C[C@@H]6OC(CC[C@H](C)CO[C@@H]7O[C@H](CO)[C@@H](O)[C@H](O)[C@H]7O)=C(C)[C@@H]6[C@@]5(C)CC[C@@H]43)C2)[C@H](O[C@@H]2O[C@@H](C)[C@H](O)[C@@H](O)[C@H]2O)[C@@H](O[C@@H]2O[C@@H](C)[C@H](O[C@@H]3O[C@H](CO)[C@@H](O)[C@H](O)[C@H]3O)[C@@H](O)[C@H]2O)[C@@H]1O. The van der Waals surface area contributed by atoms with Crippen LogP contribution in [-0.4, -0.2) is 270 Å². The van der Waals surface area contributed by atoms with Crippen LogP contribution >= 0.6 is 0 Å². The standard InChI is InChI=1S/C59H94O27/c1-22(20-76-53-46(71)43(68)39(64)34(18-60)81-53)8-11-32-23(2)37-33(80-32)17-31-29-10-9-27-16-28(12-14-58(27,6)30(29)13-15-59(31,37)7)79-57-52(86-54-47(72)42(67)38(63)24(3)77-54)51(41(66)36(83-57)21-75-26(5)62)85-55-49(74)45(70)50(25(4)78-55)84-56-48(73)44(69)40(65)35(19-61)82-56/h9,22,24-25,28-31,33-57,60-61,63-74H,8,10-21H2,1-7H3/t22-,24-,25-,28-,29+,30-,31-,33-,34+,35+,36+,37-,38-,39+,40+,41+,42+,43-,44-,45-,46+,47+,48+,49+,50-,51-,52+,53+,54-,55-,56-,57+,58-,59-/m0/s1. The van der Waals surface area contributed by atoms with Crippen molar-refractivity contribution in [1.82, 2.24) is 0 Å². The van der Waals surface area contributed by atoms with E-state index in [1.807, 2.05) is 6.92 Å². The molecule has 0 aromatic heterocycles. The second-order valence-electron chi connectivity index (χ2n) is 26.7. The number of carbonyl (C=O) groups excluding carboxylic acids is 1. The maximum absolute atomic E-state index is 12.2. The molecule has 0 aromatic rings. The van der Waals surface area contributed by atoms with Gasteiger partial charge in [-0.05, 0) is 112 Å². The third kappa shape index (κ3) is 12.6. The molecule has 0 amide bonds. The van der Waals surface area contributed by atoms with E-state index in [0.717, 1.165) is 44.3 Å². The zero-order valence-electron chi connectivity index (χ0n) is 49.8. The van der Waals surface area contributed by atoms with Gasteiger partial charge in [-0.3, -0.25) is 4.79 Å². The molecule has 4 aliphatic carbocycles. The Labute approximate surface area is 499 Å². The summed E-state index contributed by atoms with van der Waals surface area (Å²) in [5.41, 5.74) is 2.35. The zero-order chi connectivity index (χ0) is 62.2. The molecule has 8 fully saturated rings. The summed E-state index contributed by atoms with van der Waals surface area (Å²) in [6, 6.07) is 0. The smallest absolute Gasteiger partial charge is 0.302 e. The van der Waals surface area contributed by atoms with Gasteiger partial charge in [0, 0.05) is 19.3 Å². The van der Waals surface area contributed by atoms with E-state index >= 15 is 0 Å². The van der Waals surface area contributed by atoms with Crippen LogP contribution in [0.15, 0.2) is 23.0 Å². The third-order valence-electron chi connectivity index (χ3n) is 21.2. The molecule has 0 radical (unpaired) electrons. The van der Waals surface area contributed by atoms with Gasteiger partial charge in [-0.1, -0.05) is 32.4 Å². The molecule has 3 saturated carbocycles. The molecule has 10 rings (SSSR count). The summed E-state index contributed by atoms with van der Waals surface area (Å²) in [5, 5.41) is 150. The average Bonchev–Trinajstić information content (AvgIpc) is 1.48. The topological polar surface area (TPSA) is 411 Å². The quantitative estimate of drug-likeness (QED) is 0.0493. The predicted molar refractivity (Wildman–Crippen MR) is 290 cm³/mol. The first-order chi connectivity index (χ1) is 40.7. The lowest BCUT2D eigenvalue weighted by Crippen LogP contribution is -2.67. The number of carbonyl (C=O) groups is 1. The number of hydrogen-bond donors (Lipinski definition) is 14. The van der Waals surface area contributed by atoms with Crippen molar-refractivity contribution in [2.24, 2.45) is 40.4 Å². The van der Waals surface area contributed by atoms with Gasteiger partial charge in [0.25, 0.3) is 0 Å². The number of aliphatic hydroxyl groups is 14. The van der Waals surface area contributed by atoms with Crippen molar-refractivity contribution in [3.63, 3.8) is 0 Å². The largest absolute Gasteiger partial charge is 0.494 e. The molecule has 27 heteroatoms. The summed E-state index contributed by atoms with van der Waals surface area (Å²) in [4.78, 5) is 12.2. The van der Waals surface area contributed by atoms with E-state index in [2.05, 4.69) is 26.8 Å². The maximum atomic E-state index is 12.2. The Kier molecular flexibility index (Phi) is 20.8. The van der Waals surface area contributed by atoms with Gasteiger partial charge in [-0.2, -0.15) is 0 Å². The average molecular weight is 1240 g/mol. The van der Waals surface area contributed by atoms with Crippen molar-refractivity contribution in [2.45, 2.75) is 272 Å². The first-order valence-electron chi connectivity index (χ1n) is 30.8. The van der Waals surface area contributed by atoms with Crippen LogP contribution in [0, 0.1) is 40.4 Å². The lowest BCUT2D eigenvalue weighted by atomic mass is 9.47. The fourth-order valence-corrected chi connectivity index (χ4v) is 16.2. The Bertz CT molecular complexity index is 2360. The summed E-state index contributed by atoms with van der Waals surface area (Å²) >= 11 is 0. The highest BCUT2D eigenvalue weighted by Crippen LogP contribution is 2.69. The predicted octanol–water partition coefficient (Wildman–Crippen LogP) is -2.64. The number of allylic oxidation sites excluding steroid dienone is 2. The molecule has 6 heterocycles. The van der Waals surface area contributed by atoms with Gasteiger partial charge >= 0.3 is 5.97 Å². The number of esters is 1. The molecule has 86 heavy (non-hydrogen) atoms. The fourth-order valence-electron chi connectivity index (χ4n) is 16.2. The summed E-state index contributed by atoms with van der Waals surface area (Å²) in [6.07, 6.45) is -30.3. The van der Waals surface area contributed by atoms with Crippen LogP contribution in [0.1, 0.15) is 106 Å². The first kappa shape index (κ1) is 66.7. The maximum Gasteiger partial charge on any atom is 0.302 e. The normalized spacial score (nSPS) is 51.6. The zero-order valence-corrected chi connectivity index (χ0v) is 49.8. The van der Waals surface area contributed by atoms with E-state index in [0.29, 0.717) is 37.0 Å². The van der Waals surface area contributed by atoms with Crippen molar-refractivity contribution in [3.05, 3.63) is 23.0 Å². The van der Waals surface area contributed by atoms with Crippen LogP contribution in [0.2, 0.25) is 0 Å².